The molecule has 1 N–H and O–H groups in total. The van der Waals surface area contributed by atoms with Crippen molar-refractivity contribution in [2.75, 3.05) is 18.8 Å². The molecule has 1 aliphatic heterocycles. The second kappa shape index (κ2) is 8.50. The molecule has 2 aliphatic rings. The Morgan fingerprint density at radius 3 is 3.12 bits per heavy atom. The molecule has 24 heavy (non-hydrogen) atoms. The van der Waals surface area contributed by atoms with Crippen LogP contribution < -0.4 is 5.32 Å². The van der Waals surface area contributed by atoms with Gasteiger partial charge in [0, 0.05) is 24.5 Å². The first-order chi connectivity index (χ1) is 11.8. The van der Waals surface area contributed by atoms with Gasteiger partial charge in [-0.3, -0.25) is 4.79 Å². The monoisotopic (exact) mass is 344 g/mol. The van der Waals surface area contributed by atoms with Gasteiger partial charge in [0.05, 0.1) is 17.6 Å². The zero-order valence-electron chi connectivity index (χ0n) is 13.9. The number of amides is 1. The first kappa shape index (κ1) is 17.2. The summed E-state index contributed by atoms with van der Waals surface area (Å²) in [6.07, 6.45) is 7.05. The molecule has 1 amide bonds. The molecule has 128 valence electrons. The lowest BCUT2D eigenvalue weighted by atomic mass is 10.1. The van der Waals surface area contributed by atoms with Crippen LogP contribution in [-0.4, -0.2) is 46.7 Å². The van der Waals surface area contributed by atoms with Crippen molar-refractivity contribution in [2.24, 2.45) is 5.92 Å². The van der Waals surface area contributed by atoms with E-state index in [1.54, 1.807) is 4.90 Å². The Morgan fingerprint density at radius 1 is 1.42 bits per heavy atom. The smallest absolute Gasteiger partial charge is 0.237 e. The van der Waals surface area contributed by atoms with E-state index in [1.165, 1.54) is 6.42 Å². The Bertz CT molecular complexity index is 588. The molecule has 0 radical (unpaired) electrons. The fourth-order valence-electron chi connectivity index (χ4n) is 3.58. The predicted octanol–water partition coefficient (Wildman–Crippen LogP) is 2.45. The van der Waals surface area contributed by atoms with Crippen LogP contribution in [0.15, 0.2) is 29.4 Å². The van der Waals surface area contributed by atoms with Crippen molar-refractivity contribution < 1.29 is 4.79 Å². The van der Waals surface area contributed by atoms with E-state index in [-0.39, 0.29) is 11.9 Å². The Morgan fingerprint density at radius 2 is 2.33 bits per heavy atom. The highest BCUT2D eigenvalue weighted by molar-refractivity contribution is 7.99. The fourth-order valence-corrected chi connectivity index (χ4v) is 4.60. The van der Waals surface area contributed by atoms with Crippen molar-refractivity contribution in [3.63, 3.8) is 0 Å². The lowest BCUT2D eigenvalue weighted by Gasteiger charge is -2.21. The molecule has 6 heteroatoms. The molecular weight excluding hydrogens is 320 g/mol. The molecule has 3 atom stereocenters. The highest BCUT2D eigenvalue weighted by Crippen LogP contribution is 2.30. The highest BCUT2D eigenvalue weighted by atomic mass is 32.2. The Kier molecular flexibility index (Phi) is 6.11. The van der Waals surface area contributed by atoms with Crippen LogP contribution in [0.5, 0.6) is 0 Å². The summed E-state index contributed by atoms with van der Waals surface area (Å²) >= 11 is 1.82. The molecular formula is C18H24N4OS. The van der Waals surface area contributed by atoms with Crippen LogP contribution in [0.25, 0.3) is 0 Å². The van der Waals surface area contributed by atoms with Crippen molar-refractivity contribution >= 4 is 17.7 Å². The largest absolute Gasteiger partial charge is 0.326 e. The van der Waals surface area contributed by atoms with Gasteiger partial charge in [0.1, 0.15) is 6.04 Å². The number of carbonyl (C=O) groups excluding carboxylic acids is 1. The van der Waals surface area contributed by atoms with Gasteiger partial charge < -0.3 is 10.2 Å². The summed E-state index contributed by atoms with van der Waals surface area (Å²) < 4.78 is 0. The Balaban J connectivity index is 1.37. The van der Waals surface area contributed by atoms with E-state index < -0.39 is 0 Å². The van der Waals surface area contributed by atoms with Crippen LogP contribution >= 0.6 is 11.8 Å². The number of hydrogen-bond acceptors (Lipinski definition) is 5. The van der Waals surface area contributed by atoms with E-state index in [2.05, 4.69) is 22.4 Å². The molecule has 1 aromatic heterocycles. The van der Waals surface area contributed by atoms with Gasteiger partial charge in [0.15, 0.2) is 0 Å². The number of carbonyl (C=O) groups is 1. The van der Waals surface area contributed by atoms with E-state index in [4.69, 9.17) is 5.26 Å². The molecule has 1 saturated heterocycles. The van der Waals surface area contributed by atoms with Crippen molar-refractivity contribution in [3.05, 3.63) is 24.4 Å². The molecule has 1 aliphatic carbocycles. The third-order valence-electron chi connectivity index (χ3n) is 4.91. The van der Waals surface area contributed by atoms with Crippen LogP contribution in [0.1, 0.15) is 32.1 Å². The Labute approximate surface area is 147 Å². The molecule has 3 rings (SSSR count). The SMILES string of the molecule is N#C[C@@H]1CCCN1C(=O)CN[C@H]1CC[C@@H](CSc2ccccn2)C1. The van der Waals surface area contributed by atoms with Crippen molar-refractivity contribution in [3.8, 4) is 6.07 Å². The first-order valence-electron chi connectivity index (χ1n) is 8.72. The summed E-state index contributed by atoms with van der Waals surface area (Å²) in [4.78, 5) is 18.3. The van der Waals surface area contributed by atoms with Crippen LogP contribution in [0.3, 0.4) is 0 Å². The van der Waals surface area contributed by atoms with E-state index in [9.17, 15) is 4.79 Å². The number of aromatic nitrogens is 1. The highest BCUT2D eigenvalue weighted by Gasteiger charge is 2.30. The van der Waals surface area contributed by atoms with Gasteiger partial charge >= 0.3 is 0 Å². The molecule has 0 aromatic carbocycles. The number of nitrogens with zero attached hydrogens (tertiary/aromatic N) is 3. The van der Waals surface area contributed by atoms with E-state index >= 15 is 0 Å². The number of nitriles is 1. The number of nitrogens with one attached hydrogen (secondary N) is 1. The lowest BCUT2D eigenvalue weighted by Crippen LogP contribution is -2.42. The molecule has 5 nitrogen and oxygen atoms in total. The number of pyridine rings is 1. The zero-order valence-corrected chi connectivity index (χ0v) is 14.7. The van der Waals surface area contributed by atoms with Gasteiger partial charge in [-0.25, -0.2) is 4.98 Å². The zero-order chi connectivity index (χ0) is 16.8. The minimum absolute atomic E-state index is 0.0744. The van der Waals surface area contributed by atoms with Crippen LogP contribution in [0.4, 0.5) is 0 Å². The average molecular weight is 344 g/mol. The molecule has 2 fully saturated rings. The molecule has 0 unspecified atom stereocenters. The van der Waals surface area contributed by atoms with Gasteiger partial charge in [-0.15, -0.1) is 11.8 Å². The summed E-state index contributed by atoms with van der Waals surface area (Å²) in [7, 11) is 0. The molecule has 0 bridgehead atoms. The molecule has 1 aromatic rings. The van der Waals surface area contributed by atoms with Gasteiger partial charge in [-0.1, -0.05) is 6.07 Å². The summed E-state index contributed by atoms with van der Waals surface area (Å²) in [5.41, 5.74) is 0. The normalized spacial score (nSPS) is 26.5. The van der Waals surface area contributed by atoms with E-state index in [1.807, 2.05) is 30.1 Å². The lowest BCUT2D eigenvalue weighted by molar-refractivity contribution is -0.130. The summed E-state index contributed by atoms with van der Waals surface area (Å²) in [5, 5.41) is 13.6. The van der Waals surface area contributed by atoms with Crippen molar-refractivity contribution in [1.29, 1.82) is 5.26 Å². The van der Waals surface area contributed by atoms with Crippen LogP contribution in [-0.2, 0) is 4.79 Å². The second-order valence-corrected chi connectivity index (χ2v) is 7.65. The van der Waals surface area contributed by atoms with Gasteiger partial charge in [-0.05, 0) is 50.2 Å². The third-order valence-corrected chi connectivity index (χ3v) is 6.09. The number of rotatable bonds is 6. The standard InChI is InChI=1S/C18H24N4OS/c19-11-16-4-3-9-22(16)18(23)12-21-15-7-6-14(10-15)13-24-17-5-1-2-8-20-17/h1-2,5,8,14-16,21H,3-4,6-7,9-10,12-13H2/t14-,15+,16+/m1/s1. The maximum atomic E-state index is 12.3. The first-order valence-corrected chi connectivity index (χ1v) is 9.71. The Hall–Kier alpha value is -1.58. The summed E-state index contributed by atoms with van der Waals surface area (Å²) in [5.74, 6) is 1.85. The molecule has 2 heterocycles. The summed E-state index contributed by atoms with van der Waals surface area (Å²) in [6.45, 7) is 1.09. The maximum absolute atomic E-state index is 12.3. The quantitative estimate of drug-likeness (QED) is 0.803. The van der Waals surface area contributed by atoms with Gasteiger partial charge in [0.25, 0.3) is 0 Å². The summed E-state index contributed by atoms with van der Waals surface area (Å²) in [6, 6.07) is 8.45. The molecule has 0 spiro atoms. The van der Waals surface area contributed by atoms with E-state index in [0.29, 0.717) is 18.5 Å². The van der Waals surface area contributed by atoms with Crippen molar-refractivity contribution in [1.82, 2.24) is 15.2 Å². The van der Waals surface area contributed by atoms with Crippen LogP contribution in [0.2, 0.25) is 0 Å². The predicted molar refractivity (Wildman–Crippen MR) is 94.4 cm³/mol. The minimum atomic E-state index is -0.217. The second-order valence-electron chi connectivity index (χ2n) is 6.61. The number of thioether (sulfide) groups is 1. The van der Waals surface area contributed by atoms with E-state index in [0.717, 1.165) is 43.0 Å². The van der Waals surface area contributed by atoms with Gasteiger partial charge in [0.2, 0.25) is 5.91 Å². The topological polar surface area (TPSA) is 69.0 Å². The number of likely N-dealkylation sites (tertiary alicyclic amines) is 1. The van der Waals surface area contributed by atoms with Crippen molar-refractivity contribution in [2.45, 2.75) is 49.2 Å². The average Bonchev–Trinajstić information content (AvgIpc) is 3.28. The number of hydrogen-bond donors (Lipinski definition) is 1. The van der Waals surface area contributed by atoms with Crippen LogP contribution in [0, 0.1) is 17.2 Å². The fraction of sp³-hybridized carbons (Fsp3) is 0.611. The minimum Gasteiger partial charge on any atom is -0.326 e. The van der Waals surface area contributed by atoms with Gasteiger partial charge in [-0.2, -0.15) is 5.26 Å². The third kappa shape index (κ3) is 4.49. The molecule has 1 saturated carbocycles. The maximum Gasteiger partial charge on any atom is 0.237 e.